The number of hydrogen-bond donors (Lipinski definition) is 3. The van der Waals surface area contributed by atoms with Gasteiger partial charge in [0.25, 0.3) is 11.8 Å². The van der Waals surface area contributed by atoms with Crippen molar-refractivity contribution in [2.75, 3.05) is 30.3 Å². The number of amides is 3. The Morgan fingerprint density at radius 2 is 1.46 bits per heavy atom. The first kappa shape index (κ1) is 24.1. The quantitative estimate of drug-likeness (QED) is 0.452. The number of carbonyl (C=O) groups is 3. The SMILES string of the molecule is O=C(CNc1ccc(C(=O)N2CCCCCC2)cc1)Nc1ccc(C(=O)NCc2ccco2)cc1. The molecule has 8 nitrogen and oxygen atoms in total. The Hall–Kier alpha value is -4.07. The van der Waals surface area contributed by atoms with Gasteiger partial charge in [0.1, 0.15) is 5.76 Å². The number of hydrogen-bond acceptors (Lipinski definition) is 5. The van der Waals surface area contributed by atoms with Crippen LogP contribution in [0.2, 0.25) is 0 Å². The molecule has 3 amide bonds. The molecule has 182 valence electrons. The number of likely N-dealkylation sites (tertiary alicyclic amines) is 1. The Balaban J connectivity index is 1.22. The van der Waals surface area contributed by atoms with Gasteiger partial charge in [-0.3, -0.25) is 14.4 Å². The van der Waals surface area contributed by atoms with Crippen molar-refractivity contribution < 1.29 is 18.8 Å². The van der Waals surface area contributed by atoms with Gasteiger partial charge in [0.05, 0.1) is 19.4 Å². The maximum Gasteiger partial charge on any atom is 0.253 e. The summed E-state index contributed by atoms with van der Waals surface area (Å²) in [6.07, 6.45) is 6.03. The highest BCUT2D eigenvalue weighted by molar-refractivity contribution is 5.97. The van der Waals surface area contributed by atoms with E-state index in [1.54, 1.807) is 54.8 Å². The Bertz CT molecular complexity index is 1120. The lowest BCUT2D eigenvalue weighted by Gasteiger charge is -2.20. The van der Waals surface area contributed by atoms with Gasteiger partial charge in [-0.1, -0.05) is 12.8 Å². The van der Waals surface area contributed by atoms with Gasteiger partial charge in [0, 0.05) is 35.6 Å². The molecule has 0 saturated carbocycles. The smallest absolute Gasteiger partial charge is 0.253 e. The first-order valence-corrected chi connectivity index (χ1v) is 11.9. The fourth-order valence-corrected chi connectivity index (χ4v) is 3.96. The van der Waals surface area contributed by atoms with Gasteiger partial charge in [0.15, 0.2) is 0 Å². The van der Waals surface area contributed by atoms with Crippen molar-refractivity contribution in [1.29, 1.82) is 0 Å². The third kappa shape index (κ3) is 6.96. The lowest BCUT2D eigenvalue weighted by molar-refractivity contribution is -0.114. The average molecular weight is 475 g/mol. The molecule has 1 saturated heterocycles. The maximum atomic E-state index is 12.7. The summed E-state index contributed by atoms with van der Waals surface area (Å²) < 4.78 is 5.20. The predicted octanol–water partition coefficient (Wildman–Crippen LogP) is 4.28. The summed E-state index contributed by atoms with van der Waals surface area (Å²) in [6.45, 7) is 2.01. The zero-order chi connectivity index (χ0) is 24.5. The fraction of sp³-hybridized carbons (Fsp3) is 0.296. The zero-order valence-electron chi connectivity index (χ0n) is 19.6. The molecule has 1 aliphatic heterocycles. The van der Waals surface area contributed by atoms with Gasteiger partial charge in [-0.2, -0.15) is 0 Å². The molecular weight excluding hydrogens is 444 g/mol. The molecule has 4 rings (SSSR count). The van der Waals surface area contributed by atoms with Crippen LogP contribution in [0.1, 0.15) is 52.2 Å². The first-order chi connectivity index (χ1) is 17.1. The summed E-state index contributed by atoms with van der Waals surface area (Å²) >= 11 is 0. The molecule has 2 heterocycles. The van der Waals surface area contributed by atoms with E-state index in [-0.39, 0.29) is 24.3 Å². The molecule has 8 heteroatoms. The van der Waals surface area contributed by atoms with Crippen LogP contribution >= 0.6 is 0 Å². The van der Waals surface area contributed by atoms with E-state index < -0.39 is 0 Å². The summed E-state index contributed by atoms with van der Waals surface area (Å²) in [5.74, 6) is 0.297. The number of anilines is 2. The lowest BCUT2D eigenvalue weighted by atomic mass is 10.1. The summed E-state index contributed by atoms with van der Waals surface area (Å²) in [5, 5.41) is 8.65. The highest BCUT2D eigenvalue weighted by atomic mass is 16.3. The minimum Gasteiger partial charge on any atom is -0.467 e. The van der Waals surface area contributed by atoms with Gasteiger partial charge < -0.3 is 25.3 Å². The second-order valence-corrected chi connectivity index (χ2v) is 8.52. The maximum absolute atomic E-state index is 12.7. The minimum absolute atomic E-state index is 0.0642. The number of furan rings is 1. The van der Waals surface area contributed by atoms with E-state index in [2.05, 4.69) is 16.0 Å². The Morgan fingerprint density at radius 1 is 0.800 bits per heavy atom. The number of rotatable bonds is 8. The Labute approximate surface area is 204 Å². The lowest BCUT2D eigenvalue weighted by Crippen LogP contribution is -2.31. The summed E-state index contributed by atoms with van der Waals surface area (Å²) in [4.78, 5) is 39.2. The van der Waals surface area contributed by atoms with E-state index in [9.17, 15) is 14.4 Å². The molecule has 0 atom stereocenters. The highest BCUT2D eigenvalue weighted by Gasteiger charge is 2.17. The molecule has 0 spiro atoms. The van der Waals surface area contributed by atoms with Crippen LogP contribution in [0.15, 0.2) is 71.3 Å². The summed E-state index contributed by atoms with van der Waals surface area (Å²) in [5.41, 5.74) is 2.51. The summed E-state index contributed by atoms with van der Waals surface area (Å²) in [7, 11) is 0. The van der Waals surface area contributed by atoms with Crippen LogP contribution in [0.4, 0.5) is 11.4 Å². The largest absolute Gasteiger partial charge is 0.467 e. The third-order valence-electron chi connectivity index (χ3n) is 5.91. The van der Waals surface area contributed by atoms with Crippen molar-refractivity contribution in [1.82, 2.24) is 10.2 Å². The van der Waals surface area contributed by atoms with E-state index in [0.29, 0.717) is 29.1 Å². The molecule has 2 aromatic carbocycles. The van der Waals surface area contributed by atoms with Crippen LogP contribution in [-0.4, -0.2) is 42.3 Å². The van der Waals surface area contributed by atoms with Crippen LogP contribution in [0, 0.1) is 0 Å². The highest BCUT2D eigenvalue weighted by Crippen LogP contribution is 2.16. The molecular formula is C27H30N4O4. The Kier molecular flexibility index (Phi) is 8.17. The molecule has 1 fully saturated rings. The number of nitrogens with zero attached hydrogens (tertiary/aromatic N) is 1. The second kappa shape index (κ2) is 11.9. The molecule has 0 unspecified atom stereocenters. The van der Waals surface area contributed by atoms with Crippen molar-refractivity contribution in [3.05, 3.63) is 83.8 Å². The van der Waals surface area contributed by atoms with Gasteiger partial charge in [-0.15, -0.1) is 0 Å². The van der Waals surface area contributed by atoms with Crippen molar-refractivity contribution >= 4 is 29.1 Å². The van der Waals surface area contributed by atoms with Gasteiger partial charge in [-0.25, -0.2) is 0 Å². The number of carbonyl (C=O) groups excluding carboxylic acids is 3. The number of benzene rings is 2. The third-order valence-corrected chi connectivity index (χ3v) is 5.91. The van der Waals surface area contributed by atoms with Crippen LogP contribution in [0.5, 0.6) is 0 Å². The molecule has 3 N–H and O–H groups in total. The molecule has 3 aromatic rings. The molecule has 0 bridgehead atoms. The van der Waals surface area contributed by atoms with Crippen LogP contribution in [-0.2, 0) is 11.3 Å². The van der Waals surface area contributed by atoms with E-state index in [1.807, 2.05) is 17.0 Å². The standard InChI is InChI=1S/C27H30N4O4/c32-25(30-23-13-7-20(8-14-23)26(33)29-18-24-6-5-17-35-24)19-28-22-11-9-21(10-12-22)27(34)31-15-3-1-2-4-16-31/h5-14,17,28H,1-4,15-16,18-19H2,(H,29,33)(H,30,32). The van der Waals surface area contributed by atoms with E-state index >= 15 is 0 Å². The van der Waals surface area contributed by atoms with Gasteiger partial charge >= 0.3 is 0 Å². The van der Waals surface area contributed by atoms with Crippen molar-refractivity contribution in [3.8, 4) is 0 Å². The second-order valence-electron chi connectivity index (χ2n) is 8.52. The van der Waals surface area contributed by atoms with E-state index in [0.717, 1.165) is 31.6 Å². The molecule has 1 aromatic heterocycles. The van der Waals surface area contributed by atoms with E-state index in [1.165, 1.54) is 12.8 Å². The van der Waals surface area contributed by atoms with Gasteiger partial charge in [0.2, 0.25) is 5.91 Å². The van der Waals surface area contributed by atoms with Crippen molar-refractivity contribution in [3.63, 3.8) is 0 Å². The van der Waals surface area contributed by atoms with Crippen molar-refractivity contribution in [2.24, 2.45) is 0 Å². The minimum atomic E-state index is -0.223. The molecule has 35 heavy (non-hydrogen) atoms. The number of nitrogens with one attached hydrogen (secondary N) is 3. The Morgan fingerprint density at radius 3 is 2.11 bits per heavy atom. The normalized spacial score (nSPS) is 13.5. The molecule has 0 radical (unpaired) electrons. The molecule has 1 aliphatic rings. The average Bonchev–Trinajstić information content (AvgIpc) is 3.26. The van der Waals surface area contributed by atoms with Crippen molar-refractivity contribution in [2.45, 2.75) is 32.2 Å². The topological polar surface area (TPSA) is 104 Å². The van der Waals surface area contributed by atoms with Gasteiger partial charge in [-0.05, 0) is 73.5 Å². The zero-order valence-corrected chi connectivity index (χ0v) is 19.6. The van der Waals surface area contributed by atoms with Crippen LogP contribution in [0.3, 0.4) is 0 Å². The van der Waals surface area contributed by atoms with Crippen LogP contribution < -0.4 is 16.0 Å². The first-order valence-electron chi connectivity index (χ1n) is 11.9. The molecule has 0 aliphatic carbocycles. The predicted molar refractivity (Wildman–Crippen MR) is 134 cm³/mol. The van der Waals surface area contributed by atoms with E-state index in [4.69, 9.17) is 4.42 Å². The fourth-order valence-electron chi connectivity index (χ4n) is 3.96. The monoisotopic (exact) mass is 474 g/mol. The van der Waals surface area contributed by atoms with Crippen LogP contribution in [0.25, 0.3) is 0 Å². The summed E-state index contributed by atoms with van der Waals surface area (Å²) in [6, 6.07) is 17.4.